The Balaban J connectivity index is 1.21. The van der Waals surface area contributed by atoms with E-state index < -0.39 is 24.1 Å². The number of hydrogen-bond donors (Lipinski definition) is 0. The molecule has 2 atom stereocenters. The van der Waals surface area contributed by atoms with Crippen molar-refractivity contribution in [1.82, 2.24) is 0 Å². The van der Waals surface area contributed by atoms with E-state index in [1.165, 1.54) is 11.1 Å². The molecule has 4 aromatic rings. The van der Waals surface area contributed by atoms with Gasteiger partial charge in [-0.05, 0) is 122 Å². The van der Waals surface area contributed by atoms with E-state index in [0.717, 1.165) is 62.5 Å². The van der Waals surface area contributed by atoms with E-state index in [4.69, 9.17) is 9.47 Å². The van der Waals surface area contributed by atoms with Crippen molar-refractivity contribution in [3.63, 3.8) is 0 Å². The average Bonchev–Trinajstić information content (AvgIpc) is 3.17. The second kappa shape index (κ2) is 15.9. The normalized spacial score (nSPS) is 22.1. The molecule has 0 spiro atoms. The maximum Gasteiger partial charge on any atom is 0.338 e. The third-order valence-electron chi connectivity index (χ3n) is 10.4. The second-order valence-corrected chi connectivity index (χ2v) is 13.4. The summed E-state index contributed by atoms with van der Waals surface area (Å²) < 4.78 is 12.5. The van der Waals surface area contributed by atoms with Crippen molar-refractivity contribution >= 4 is 11.9 Å². The first-order chi connectivity index (χ1) is 23.5. The van der Waals surface area contributed by atoms with E-state index in [0.29, 0.717) is 34.8 Å². The van der Waals surface area contributed by atoms with Gasteiger partial charge in [-0.25, -0.2) is 9.59 Å². The Morgan fingerprint density at radius 3 is 1.15 bits per heavy atom. The standard InChI is InChI=1S/C44H46O4/c1-3-31-15-19-33(20-16-31)35-23-27-39(28-24-35)43(45)47-41(37-11-7-5-8-12-37)42(38-13-9-6-10-14-38)48-44(46)40-29-25-36(26-30-40)34-21-17-32(4-2)18-22-34/h3-14,23-34,41-42H,1-2,15-22H2. The van der Waals surface area contributed by atoms with E-state index in [2.05, 4.69) is 49.6 Å². The number of hydrogen-bond acceptors (Lipinski definition) is 4. The quantitative estimate of drug-likeness (QED) is 0.121. The largest absolute Gasteiger partial charge is 0.450 e. The lowest BCUT2D eigenvalue weighted by molar-refractivity contribution is -0.0388. The van der Waals surface area contributed by atoms with Crippen LogP contribution in [0.3, 0.4) is 0 Å². The highest BCUT2D eigenvalue weighted by molar-refractivity contribution is 5.90. The lowest BCUT2D eigenvalue weighted by Crippen LogP contribution is -2.23. The molecule has 4 nitrogen and oxygen atoms in total. The maximum atomic E-state index is 13.7. The predicted octanol–water partition coefficient (Wildman–Crippen LogP) is 11.1. The van der Waals surface area contributed by atoms with Crippen LogP contribution in [0.5, 0.6) is 0 Å². The Morgan fingerprint density at radius 2 is 0.833 bits per heavy atom. The monoisotopic (exact) mass is 638 g/mol. The minimum Gasteiger partial charge on any atom is -0.450 e. The summed E-state index contributed by atoms with van der Waals surface area (Å²) in [6.07, 6.45) is 11.5. The van der Waals surface area contributed by atoms with Crippen LogP contribution in [-0.2, 0) is 9.47 Å². The Kier molecular flexibility index (Phi) is 11.0. The third-order valence-corrected chi connectivity index (χ3v) is 10.4. The zero-order valence-electron chi connectivity index (χ0n) is 27.7. The van der Waals surface area contributed by atoms with Gasteiger partial charge in [-0.2, -0.15) is 0 Å². The number of allylic oxidation sites excluding steroid dienone is 2. The van der Waals surface area contributed by atoms with E-state index in [9.17, 15) is 9.59 Å². The number of benzene rings is 4. The van der Waals surface area contributed by atoms with Crippen LogP contribution in [0.2, 0.25) is 0 Å². The smallest absolute Gasteiger partial charge is 0.338 e. The van der Waals surface area contributed by atoms with Crippen LogP contribution in [0, 0.1) is 11.8 Å². The fourth-order valence-corrected chi connectivity index (χ4v) is 7.42. The Bertz CT molecular complexity index is 1520. The summed E-state index contributed by atoms with van der Waals surface area (Å²) in [7, 11) is 0. The maximum absolute atomic E-state index is 13.7. The van der Waals surface area contributed by atoms with Crippen LogP contribution >= 0.6 is 0 Å². The molecule has 48 heavy (non-hydrogen) atoms. The van der Waals surface area contributed by atoms with E-state index in [1.807, 2.05) is 84.9 Å². The summed E-state index contributed by atoms with van der Waals surface area (Å²) in [4.78, 5) is 27.5. The van der Waals surface area contributed by atoms with E-state index in [-0.39, 0.29) is 0 Å². The van der Waals surface area contributed by atoms with Crippen molar-refractivity contribution in [2.45, 2.75) is 75.4 Å². The molecule has 0 amide bonds. The molecule has 0 aromatic heterocycles. The molecule has 2 unspecified atom stereocenters. The predicted molar refractivity (Wildman–Crippen MR) is 192 cm³/mol. The molecule has 0 aliphatic heterocycles. The third kappa shape index (κ3) is 8.05. The van der Waals surface area contributed by atoms with Gasteiger partial charge in [0.15, 0.2) is 12.2 Å². The van der Waals surface area contributed by atoms with Gasteiger partial charge in [0, 0.05) is 0 Å². The zero-order chi connectivity index (χ0) is 33.3. The molecule has 0 saturated heterocycles. The molecule has 2 saturated carbocycles. The molecule has 2 aliphatic carbocycles. The molecule has 2 fully saturated rings. The first-order valence-electron chi connectivity index (χ1n) is 17.5. The van der Waals surface area contributed by atoms with Gasteiger partial charge in [0.25, 0.3) is 0 Å². The van der Waals surface area contributed by atoms with Crippen molar-refractivity contribution in [3.05, 3.63) is 168 Å². The van der Waals surface area contributed by atoms with Gasteiger partial charge >= 0.3 is 11.9 Å². The number of carbonyl (C=O) groups excluding carboxylic acids is 2. The van der Waals surface area contributed by atoms with Crippen LogP contribution in [0.15, 0.2) is 135 Å². The summed E-state index contributed by atoms with van der Waals surface area (Å²) in [6, 6.07) is 34.7. The van der Waals surface area contributed by atoms with Crippen molar-refractivity contribution in [2.24, 2.45) is 11.8 Å². The van der Waals surface area contributed by atoms with Crippen molar-refractivity contribution < 1.29 is 19.1 Å². The summed E-state index contributed by atoms with van der Waals surface area (Å²) in [5.41, 5.74) is 4.92. The molecule has 4 heteroatoms. The van der Waals surface area contributed by atoms with Crippen molar-refractivity contribution in [2.75, 3.05) is 0 Å². The molecule has 4 aromatic carbocycles. The summed E-state index contributed by atoms with van der Waals surface area (Å²) in [6.45, 7) is 7.93. The molecular formula is C44H46O4. The number of rotatable bonds is 11. The lowest BCUT2D eigenvalue weighted by atomic mass is 9.79. The highest BCUT2D eigenvalue weighted by atomic mass is 16.6. The van der Waals surface area contributed by atoms with Gasteiger partial charge in [0.1, 0.15) is 0 Å². The first-order valence-corrected chi connectivity index (χ1v) is 17.5. The second-order valence-electron chi connectivity index (χ2n) is 13.4. The highest BCUT2D eigenvalue weighted by Crippen LogP contribution is 2.39. The average molecular weight is 639 g/mol. The summed E-state index contributed by atoms with van der Waals surface area (Å²) in [5.74, 6) is 1.27. The van der Waals surface area contributed by atoms with Gasteiger partial charge in [-0.3, -0.25) is 0 Å². The fraction of sp³-hybridized carbons (Fsp3) is 0.318. The molecule has 6 rings (SSSR count). The lowest BCUT2D eigenvalue weighted by Gasteiger charge is -2.28. The summed E-state index contributed by atoms with van der Waals surface area (Å²) in [5, 5.41) is 0. The highest BCUT2D eigenvalue weighted by Gasteiger charge is 2.33. The fourth-order valence-electron chi connectivity index (χ4n) is 7.42. The van der Waals surface area contributed by atoms with Gasteiger partial charge in [-0.15, -0.1) is 13.2 Å². The van der Waals surface area contributed by atoms with Gasteiger partial charge in [-0.1, -0.05) is 97.1 Å². The molecule has 2 aliphatic rings. The Labute approximate surface area is 285 Å². The number of carbonyl (C=O) groups is 2. The van der Waals surface area contributed by atoms with Crippen molar-refractivity contribution in [1.29, 1.82) is 0 Å². The minimum absolute atomic E-state index is 0.460. The molecule has 246 valence electrons. The van der Waals surface area contributed by atoms with E-state index >= 15 is 0 Å². The molecule has 0 bridgehead atoms. The topological polar surface area (TPSA) is 52.6 Å². The van der Waals surface area contributed by atoms with Gasteiger partial charge < -0.3 is 9.47 Å². The van der Waals surface area contributed by atoms with Crippen molar-refractivity contribution in [3.8, 4) is 0 Å². The van der Waals surface area contributed by atoms with Gasteiger partial charge in [0.05, 0.1) is 11.1 Å². The Hall–Kier alpha value is -4.70. The van der Waals surface area contributed by atoms with Crippen LogP contribution in [0.25, 0.3) is 0 Å². The number of esters is 2. The summed E-state index contributed by atoms with van der Waals surface area (Å²) >= 11 is 0. The first kappa shape index (κ1) is 33.2. The number of ether oxygens (including phenoxy) is 2. The van der Waals surface area contributed by atoms with Crippen LogP contribution in [0.4, 0.5) is 0 Å². The Morgan fingerprint density at radius 1 is 0.500 bits per heavy atom. The minimum atomic E-state index is -0.863. The van der Waals surface area contributed by atoms with Gasteiger partial charge in [0.2, 0.25) is 0 Å². The molecule has 0 radical (unpaired) electrons. The molecule has 0 N–H and O–H groups in total. The van der Waals surface area contributed by atoms with Crippen LogP contribution < -0.4 is 0 Å². The molecular weight excluding hydrogens is 592 g/mol. The zero-order valence-corrected chi connectivity index (χ0v) is 27.7. The van der Waals surface area contributed by atoms with E-state index in [1.54, 1.807) is 0 Å². The van der Waals surface area contributed by atoms with Crippen LogP contribution in [0.1, 0.15) is 118 Å². The van der Waals surface area contributed by atoms with Crippen LogP contribution in [-0.4, -0.2) is 11.9 Å². The molecule has 0 heterocycles. The SMILES string of the molecule is C=CC1CCC(c2ccc(C(=O)OC(c3ccccc3)C(OC(=O)c3ccc(C4CCC(C=C)CC4)cc3)c3ccccc3)cc2)CC1.